The zero-order valence-electron chi connectivity index (χ0n) is 44.8. The topological polar surface area (TPSA) is 6.48 Å². The molecule has 0 radical (unpaired) electrons. The Morgan fingerprint density at radius 3 is 1.27 bits per heavy atom. The van der Waals surface area contributed by atoms with Crippen molar-refractivity contribution in [3.05, 3.63) is 209 Å². The van der Waals surface area contributed by atoms with Gasteiger partial charge in [-0.25, -0.2) is 0 Å². The van der Waals surface area contributed by atoms with E-state index in [4.69, 9.17) is 0 Å². The summed E-state index contributed by atoms with van der Waals surface area (Å²) in [6.07, 6.45) is 53.5. The van der Waals surface area contributed by atoms with Crippen molar-refractivity contribution in [1.29, 1.82) is 0 Å². The van der Waals surface area contributed by atoms with E-state index in [1.807, 2.05) is 0 Å². The van der Waals surface area contributed by atoms with Crippen molar-refractivity contribution in [2.75, 3.05) is 9.80 Å². The summed E-state index contributed by atoms with van der Waals surface area (Å²) >= 11 is 0. The van der Waals surface area contributed by atoms with Gasteiger partial charge in [-0.05, 0) is 206 Å². The number of hydrogen-bond acceptors (Lipinski definition) is 2. The maximum absolute atomic E-state index is 2.54. The third kappa shape index (κ3) is 12.4. The van der Waals surface area contributed by atoms with Crippen LogP contribution >= 0.6 is 0 Å². The lowest BCUT2D eigenvalue weighted by Gasteiger charge is -2.33. The van der Waals surface area contributed by atoms with Gasteiger partial charge in [-0.3, -0.25) is 0 Å². The van der Waals surface area contributed by atoms with E-state index in [9.17, 15) is 0 Å². The number of hydrogen-bond donors (Lipinski definition) is 0. The molecular weight excluding hydrogens is 893 g/mol. The van der Waals surface area contributed by atoms with E-state index in [0.717, 1.165) is 24.7 Å². The van der Waals surface area contributed by atoms with Gasteiger partial charge >= 0.3 is 0 Å². The van der Waals surface area contributed by atoms with Crippen molar-refractivity contribution in [3.63, 3.8) is 0 Å². The second kappa shape index (κ2) is 24.7. The van der Waals surface area contributed by atoms with Crippen LogP contribution in [0, 0.1) is 23.7 Å². The number of benzene rings is 5. The molecule has 5 aromatic rings. The van der Waals surface area contributed by atoms with Gasteiger partial charge in [-0.1, -0.05) is 199 Å². The third-order valence-corrected chi connectivity index (χ3v) is 18.5. The molecule has 0 heterocycles. The molecule has 382 valence electrons. The molecule has 4 fully saturated rings. The van der Waals surface area contributed by atoms with Gasteiger partial charge in [0.2, 0.25) is 0 Å². The molecule has 0 saturated heterocycles. The zero-order chi connectivity index (χ0) is 49.9. The molecule has 74 heavy (non-hydrogen) atoms. The minimum absolute atomic E-state index is 0.462. The highest BCUT2D eigenvalue weighted by atomic mass is 15.1. The standard InChI is InChI=1S/C72H84N2/c1-54-53-57(26-25-56-30-43-68(44-31-56)74(71-49-37-65(38-50-71)61-20-10-4-11-21-61)72-51-39-66(40-52-72)62-22-12-5-13-23-62)27-32-58(54)24-14-15-55-28-41-67(42-29-55)73(69-45-33-63(34-46-69)59-16-6-2-7-17-59)70-47-35-64(36-48-70)60-18-8-3-9-19-60/h14-15,25-35,37-54,58-62,64H,2-13,16-24,36H2,1H3/b15-14+,26-25+/t54?,58?,64-/m1/s1. The van der Waals surface area contributed by atoms with Crippen LogP contribution in [0.25, 0.3) is 12.2 Å². The third-order valence-electron chi connectivity index (χ3n) is 18.5. The predicted octanol–water partition coefficient (Wildman–Crippen LogP) is 21.3. The van der Waals surface area contributed by atoms with Gasteiger partial charge in [0.25, 0.3) is 0 Å². The van der Waals surface area contributed by atoms with Crippen molar-refractivity contribution >= 4 is 40.6 Å². The maximum Gasteiger partial charge on any atom is 0.0462 e. The van der Waals surface area contributed by atoms with Crippen LogP contribution < -0.4 is 9.80 Å². The van der Waals surface area contributed by atoms with Gasteiger partial charge in [0.05, 0.1) is 0 Å². The highest BCUT2D eigenvalue weighted by Crippen LogP contribution is 2.42. The summed E-state index contributed by atoms with van der Waals surface area (Å²) in [5, 5.41) is 0. The molecule has 0 bridgehead atoms. The summed E-state index contributed by atoms with van der Waals surface area (Å²) in [4.78, 5) is 4.95. The van der Waals surface area contributed by atoms with E-state index >= 15 is 0 Å². The van der Waals surface area contributed by atoms with Crippen LogP contribution in [0.1, 0.15) is 194 Å². The summed E-state index contributed by atoms with van der Waals surface area (Å²) in [5.74, 6) is 4.61. The Hall–Kier alpha value is -5.86. The monoisotopic (exact) mass is 977 g/mol. The Morgan fingerprint density at radius 2 is 0.838 bits per heavy atom. The molecule has 2 unspecified atom stereocenters. The average Bonchev–Trinajstić information content (AvgIpc) is 3.48. The number of nitrogens with zero attached hydrogens (tertiary/aromatic N) is 2. The first-order valence-electron chi connectivity index (χ1n) is 29.8. The first-order valence-corrected chi connectivity index (χ1v) is 29.8. The van der Waals surface area contributed by atoms with Crippen LogP contribution in [0.15, 0.2) is 181 Å². The highest BCUT2D eigenvalue weighted by molar-refractivity contribution is 5.78. The summed E-state index contributed by atoms with van der Waals surface area (Å²) in [5.41, 5.74) is 15.8. The molecule has 6 aliphatic carbocycles. The molecule has 0 aromatic heterocycles. The Balaban J connectivity index is 0.727. The van der Waals surface area contributed by atoms with E-state index in [1.54, 1.807) is 0 Å². The van der Waals surface area contributed by atoms with Gasteiger partial charge in [-0.2, -0.15) is 0 Å². The Kier molecular flexibility index (Phi) is 16.8. The SMILES string of the molecule is CC1C=C(/C=C/c2ccc(N(c3ccc(C4CCCCC4)cc3)c3ccc(C4CCCCC4)cc3)cc2)C=CC1C/C=C/c1ccc(N(C2=CC[C@H](C3CCCCC3)C=C2)c2ccc(C3CCCCC3)cc2)cc1. The summed E-state index contributed by atoms with van der Waals surface area (Å²) in [6, 6.07) is 47.1. The van der Waals surface area contributed by atoms with Crippen LogP contribution in [-0.2, 0) is 0 Å². The Morgan fingerprint density at radius 1 is 0.419 bits per heavy atom. The second-order valence-electron chi connectivity index (χ2n) is 23.4. The molecule has 3 atom stereocenters. The fourth-order valence-corrected chi connectivity index (χ4v) is 13.9. The molecule has 0 amide bonds. The lowest BCUT2D eigenvalue weighted by Crippen LogP contribution is -2.21. The number of rotatable bonds is 15. The van der Waals surface area contributed by atoms with Crippen LogP contribution in [0.4, 0.5) is 28.4 Å². The lowest BCUT2D eigenvalue weighted by molar-refractivity contribution is 0.285. The number of anilines is 5. The Labute approximate surface area is 446 Å². The van der Waals surface area contributed by atoms with Crippen molar-refractivity contribution < 1.29 is 0 Å². The molecular formula is C72H84N2. The van der Waals surface area contributed by atoms with Crippen molar-refractivity contribution in [1.82, 2.24) is 0 Å². The van der Waals surface area contributed by atoms with Crippen molar-refractivity contribution in [2.24, 2.45) is 23.7 Å². The second-order valence-corrected chi connectivity index (χ2v) is 23.4. The number of allylic oxidation sites excluding steroid dienone is 9. The quantitative estimate of drug-likeness (QED) is 0.103. The summed E-state index contributed by atoms with van der Waals surface area (Å²) < 4.78 is 0. The maximum atomic E-state index is 2.54. The minimum Gasteiger partial charge on any atom is -0.311 e. The smallest absolute Gasteiger partial charge is 0.0462 e. The van der Waals surface area contributed by atoms with Gasteiger partial charge in [0.1, 0.15) is 0 Å². The van der Waals surface area contributed by atoms with Crippen LogP contribution in [0.3, 0.4) is 0 Å². The van der Waals surface area contributed by atoms with E-state index in [-0.39, 0.29) is 0 Å². The first-order chi connectivity index (χ1) is 36.6. The van der Waals surface area contributed by atoms with Gasteiger partial charge < -0.3 is 9.80 Å². The minimum atomic E-state index is 0.462. The molecule has 2 heteroatoms. The molecule has 6 aliphatic rings. The van der Waals surface area contributed by atoms with E-state index < -0.39 is 0 Å². The lowest BCUT2D eigenvalue weighted by atomic mass is 9.77. The van der Waals surface area contributed by atoms with Crippen LogP contribution in [0.2, 0.25) is 0 Å². The van der Waals surface area contributed by atoms with E-state index in [0.29, 0.717) is 29.6 Å². The van der Waals surface area contributed by atoms with Gasteiger partial charge in [0.15, 0.2) is 0 Å². The normalized spacial score (nSPS) is 22.5. The van der Waals surface area contributed by atoms with Crippen molar-refractivity contribution in [3.8, 4) is 0 Å². The molecule has 2 nitrogen and oxygen atoms in total. The van der Waals surface area contributed by atoms with Crippen LogP contribution in [-0.4, -0.2) is 0 Å². The first kappa shape index (κ1) is 50.3. The molecule has 0 N–H and O–H groups in total. The Bertz CT molecular complexity index is 2680. The fourth-order valence-electron chi connectivity index (χ4n) is 13.9. The van der Waals surface area contributed by atoms with Crippen LogP contribution in [0.5, 0.6) is 0 Å². The molecule has 0 spiro atoms. The largest absolute Gasteiger partial charge is 0.311 e. The highest BCUT2D eigenvalue weighted by Gasteiger charge is 2.26. The van der Waals surface area contributed by atoms with E-state index in [1.165, 1.54) is 196 Å². The molecule has 0 aliphatic heterocycles. The zero-order valence-corrected chi connectivity index (χ0v) is 44.8. The van der Waals surface area contributed by atoms with Gasteiger partial charge in [0, 0.05) is 34.1 Å². The average molecular weight is 977 g/mol. The molecule has 4 saturated carbocycles. The van der Waals surface area contributed by atoms with Crippen molar-refractivity contribution in [2.45, 2.75) is 166 Å². The predicted molar refractivity (Wildman–Crippen MR) is 318 cm³/mol. The fraction of sp³-hybridized carbons (Fsp3) is 0.417. The summed E-state index contributed by atoms with van der Waals surface area (Å²) in [6.45, 7) is 2.37. The molecule has 11 rings (SSSR count). The van der Waals surface area contributed by atoms with E-state index in [2.05, 4.69) is 199 Å². The van der Waals surface area contributed by atoms with Gasteiger partial charge in [-0.15, -0.1) is 0 Å². The molecule has 5 aromatic carbocycles. The summed E-state index contributed by atoms with van der Waals surface area (Å²) in [7, 11) is 0.